The Labute approximate surface area is 77.0 Å². The van der Waals surface area contributed by atoms with Crippen LogP contribution in [0.25, 0.3) is 0 Å². The summed E-state index contributed by atoms with van der Waals surface area (Å²) in [6.45, 7) is 2.80. The third-order valence-corrected chi connectivity index (χ3v) is 2.31. The molecule has 1 heterocycles. The quantitative estimate of drug-likeness (QED) is 0.591. The molecule has 0 unspecified atom stereocenters. The van der Waals surface area contributed by atoms with Crippen molar-refractivity contribution in [3.8, 4) is 0 Å². The van der Waals surface area contributed by atoms with Gasteiger partial charge in [0, 0.05) is 11.3 Å². The fraction of sp³-hybridized carbons (Fsp3) is 0.222. The van der Waals surface area contributed by atoms with Crippen LogP contribution in [0, 0.1) is 6.92 Å². The lowest BCUT2D eigenvalue weighted by Gasteiger charge is -2.20. The number of hydrogen-bond acceptors (Lipinski definition) is 2. The fourth-order valence-electron chi connectivity index (χ4n) is 1.32. The van der Waals surface area contributed by atoms with Gasteiger partial charge in [0.25, 0.3) is 0 Å². The summed E-state index contributed by atoms with van der Waals surface area (Å²) in [6, 6.07) is 6.24. The predicted octanol–water partition coefficient (Wildman–Crippen LogP) is 1.64. The number of nitrogens with one attached hydrogen (secondary N) is 2. The standard InChI is InChI=1S/C9H10N2S/c1-6-2-3-8-7(4-6)9(12)11-5-10-8/h2-4,10H,5H2,1H3,(H,11,12). The van der Waals surface area contributed by atoms with Crippen molar-refractivity contribution in [1.29, 1.82) is 0 Å². The van der Waals surface area contributed by atoms with E-state index in [1.54, 1.807) is 0 Å². The van der Waals surface area contributed by atoms with E-state index < -0.39 is 0 Å². The van der Waals surface area contributed by atoms with E-state index in [0.29, 0.717) is 0 Å². The summed E-state index contributed by atoms with van der Waals surface area (Å²) in [6.07, 6.45) is 0. The highest BCUT2D eigenvalue weighted by Gasteiger charge is 2.11. The zero-order valence-electron chi connectivity index (χ0n) is 6.85. The Morgan fingerprint density at radius 1 is 1.33 bits per heavy atom. The SMILES string of the molecule is Cc1ccc2c(c1)C(=S)NCN2. The zero-order valence-corrected chi connectivity index (χ0v) is 7.66. The molecule has 0 spiro atoms. The summed E-state index contributed by atoms with van der Waals surface area (Å²) in [4.78, 5) is 0.840. The molecule has 3 heteroatoms. The van der Waals surface area contributed by atoms with E-state index in [1.807, 2.05) is 0 Å². The van der Waals surface area contributed by atoms with Gasteiger partial charge in [0.2, 0.25) is 0 Å². The average molecular weight is 178 g/mol. The average Bonchev–Trinajstić information content (AvgIpc) is 2.07. The van der Waals surface area contributed by atoms with Gasteiger partial charge in [0.05, 0.1) is 6.67 Å². The zero-order chi connectivity index (χ0) is 8.55. The van der Waals surface area contributed by atoms with Crippen LogP contribution in [-0.2, 0) is 0 Å². The summed E-state index contributed by atoms with van der Waals surface area (Å²) in [5.41, 5.74) is 3.47. The van der Waals surface area contributed by atoms with Gasteiger partial charge in [-0.1, -0.05) is 23.8 Å². The first kappa shape index (κ1) is 7.55. The van der Waals surface area contributed by atoms with Gasteiger partial charge in [0.15, 0.2) is 0 Å². The third kappa shape index (κ3) is 1.16. The fourth-order valence-corrected chi connectivity index (χ4v) is 1.56. The normalized spacial score (nSPS) is 14.6. The number of hydrogen-bond donors (Lipinski definition) is 2. The smallest absolute Gasteiger partial charge is 0.110 e. The summed E-state index contributed by atoms with van der Waals surface area (Å²) < 4.78 is 0. The van der Waals surface area contributed by atoms with Gasteiger partial charge in [0.1, 0.15) is 4.99 Å². The number of anilines is 1. The molecule has 0 atom stereocenters. The Morgan fingerprint density at radius 2 is 2.17 bits per heavy atom. The van der Waals surface area contributed by atoms with Crippen LogP contribution < -0.4 is 10.6 Å². The van der Waals surface area contributed by atoms with E-state index in [-0.39, 0.29) is 0 Å². The van der Waals surface area contributed by atoms with Crippen molar-refractivity contribution < 1.29 is 0 Å². The molecule has 0 radical (unpaired) electrons. The van der Waals surface area contributed by atoms with Crippen LogP contribution in [0.2, 0.25) is 0 Å². The molecule has 62 valence electrons. The highest BCUT2D eigenvalue weighted by Crippen LogP contribution is 2.19. The second kappa shape index (κ2) is 2.75. The summed E-state index contributed by atoms with van der Waals surface area (Å²) in [5.74, 6) is 0. The molecule has 0 amide bonds. The predicted molar refractivity (Wildman–Crippen MR) is 54.5 cm³/mol. The molecule has 1 aliphatic rings. The van der Waals surface area contributed by atoms with E-state index in [9.17, 15) is 0 Å². The third-order valence-electron chi connectivity index (χ3n) is 1.95. The lowest BCUT2D eigenvalue weighted by atomic mass is 10.1. The van der Waals surface area contributed by atoms with Crippen LogP contribution in [0.15, 0.2) is 18.2 Å². The minimum absolute atomic E-state index is 0.731. The number of benzene rings is 1. The van der Waals surface area contributed by atoms with Crippen LogP contribution in [0.4, 0.5) is 5.69 Å². The van der Waals surface area contributed by atoms with Gasteiger partial charge < -0.3 is 10.6 Å². The van der Waals surface area contributed by atoms with Crippen molar-refractivity contribution in [2.24, 2.45) is 0 Å². The molecule has 0 saturated carbocycles. The molecule has 2 nitrogen and oxygen atoms in total. The largest absolute Gasteiger partial charge is 0.367 e. The highest BCUT2D eigenvalue weighted by atomic mass is 32.1. The van der Waals surface area contributed by atoms with Crippen LogP contribution in [0.3, 0.4) is 0 Å². The molecule has 0 bridgehead atoms. The number of thiocarbonyl (C=S) groups is 1. The summed E-state index contributed by atoms with van der Waals surface area (Å²) in [7, 11) is 0. The minimum atomic E-state index is 0.731. The van der Waals surface area contributed by atoms with Crippen LogP contribution >= 0.6 is 12.2 Å². The van der Waals surface area contributed by atoms with Gasteiger partial charge in [-0.25, -0.2) is 0 Å². The van der Waals surface area contributed by atoms with Crippen LogP contribution in [0.1, 0.15) is 11.1 Å². The van der Waals surface area contributed by atoms with Gasteiger partial charge in [-0.05, 0) is 19.1 Å². The Hall–Kier alpha value is -1.09. The van der Waals surface area contributed by atoms with E-state index in [2.05, 4.69) is 35.8 Å². The van der Waals surface area contributed by atoms with Crippen molar-refractivity contribution in [3.63, 3.8) is 0 Å². The number of rotatable bonds is 0. The molecule has 0 aliphatic carbocycles. The van der Waals surface area contributed by atoms with Crippen molar-refractivity contribution in [2.75, 3.05) is 12.0 Å². The molecular weight excluding hydrogens is 168 g/mol. The van der Waals surface area contributed by atoms with E-state index >= 15 is 0 Å². The van der Waals surface area contributed by atoms with Gasteiger partial charge in [-0.15, -0.1) is 0 Å². The number of fused-ring (bicyclic) bond motifs is 1. The van der Waals surface area contributed by atoms with Gasteiger partial charge in [-0.3, -0.25) is 0 Å². The topological polar surface area (TPSA) is 24.1 Å². The van der Waals surface area contributed by atoms with Crippen LogP contribution in [0.5, 0.6) is 0 Å². The molecule has 0 fully saturated rings. The van der Waals surface area contributed by atoms with Gasteiger partial charge in [-0.2, -0.15) is 0 Å². The Bertz CT molecular complexity index is 333. The number of aryl methyl sites for hydroxylation is 1. The van der Waals surface area contributed by atoms with Gasteiger partial charge >= 0.3 is 0 Å². The second-order valence-corrected chi connectivity index (χ2v) is 3.32. The maximum absolute atomic E-state index is 5.17. The maximum Gasteiger partial charge on any atom is 0.110 e. The molecule has 0 saturated heterocycles. The molecule has 0 aromatic heterocycles. The van der Waals surface area contributed by atoms with E-state index in [0.717, 1.165) is 22.9 Å². The van der Waals surface area contributed by atoms with E-state index in [4.69, 9.17) is 12.2 Å². The van der Waals surface area contributed by atoms with Crippen LogP contribution in [-0.4, -0.2) is 11.7 Å². The lowest BCUT2D eigenvalue weighted by Crippen LogP contribution is -2.33. The van der Waals surface area contributed by atoms with Crippen molar-refractivity contribution in [2.45, 2.75) is 6.92 Å². The lowest BCUT2D eigenvalue weighted by molar-refractivity contribution is 0.972. The van der Waals surface area contributed by atoms with Crippen molar-refractivity contribution in [3.05, 3.63) is 29.3 Å². The molecule has 2 rings (SSSR count). The van der Waals surface area contributed by atoms with E-state index in [1.165, 1.54) is 5.56 Å². The Morgan fingerprint density at radius 3 is 3.00 bits per heavy atom. The molecule has 1 aliphatic heterocycles. The molecule has 1 aromatic rings. The highest BCUT2D eigenvalue weighted by molar-refractivity contribution is 7.80. The first-order valence-corrected chi connectivity index (χ1v) is 4.31. The van der Waals surface area contributed by atoms with Crippen molar-refractivity contribution >= 4 is 22.9 Å². The second-order valence-electron chi connectivity index (χ2n) is 2.91. The first-order chi connectivity index (χ1) is 5.77. The summed E-state index contributed by atoms with van der Waals surface area (Å²) in [5, 5.41) is 6.31. The molecule has 1 aromatic carbocycles. The molecular formula is C9H10N2S. The first-order valence-electron chi connectivity index (χ1n) is 3.90. The Kier molecular flexibility index (Phi) is 1.73. The summed E-state index contributed by atoms with van der Waals surface area (Å²) >= 11 is 5.17. The minimum Gasteiger partial charge on any atom is -0.367 e. The Balaban J connectivity index is 2.54. The molecule has 12 heavy (non-hydrogen) atoms. The monoisotopic (exact) mass is 178 g/mol. The van der Waals surface area contributed by atoms with Crippen molar-refractivity contribution in [1.82, 2.24) is 5.32 Å². The maximum atomic E-state index is 5.17. The molecule has 2 N–H and O–H groups in total.